The van der Waals surface area contributed by atoms with E-state index < -0.39 is 17.5 Å². The van der Waals surface area contributed by atoms with Gasteiger partial charge < -0.3 is 20.4 Å². The number of rotatable bonds is 14. The zero-order valence-electron chi connectivity index (χ0n) is 15.0. The smallest absolute Gasteiger partial charge is 0.324 e. The lowest BCUT2D eigenvalue weighted by Gasteiger charge is -2.38. The maximum atomic E-state index is 11.7. The molecule has 0 aliphatic rings. The fourth-order valence-electron chi connectivity index (χ4n) is 2.79. The molecule has 0 aromatic heterocycles. The van der Waals surface area contributed by atoms with E-state index in [1.165, 1.54) is 0 Å². The topological polar surface area (TPSA) is 93.1 Å². The predicted molar refractivity (Wildman–Crippen MR) is 90.8 cm³/mol. The number of carboxylic acid groups (broad SMARTS) is 2. The molecule has 0 unspecified atom stereocenters. The molecule has 0 bridgehead atoms. The van der Waals surface area contributed by atoms with Crippen molar-refractivity contribution in [2.45, 2.75) is 45.1 Å². The molecular weight excluding hydrogens is 298 g/mol. The van der Waals surface area contributed by atoms with E-state index in [1.807, 2.05) is 21.0 Å². The van der Waals surface area contributed by atoms with Crippen LogP contribution in [0.1, 0.15) is 39.5 Å². The summed E-state index contributed by atoms with van der Waals surface area (Å²) in [5.41, 5.74) is -1.31. The van der Waals surface area contributed by atoms with Gasteiger partial charge in [0.25, 0.3) is 0 Å². The van der Waals surface area contributed by atoms with E-state index >= 15 is 0 Å². The maximum absolute atomic E-state index is 11.7. The lowest BCUT2D eigenvalue weighted by molar-refractivity contribution is -0.159. The second-order valence-electron chi connectivity index (χ2n) is 6.10. The molecule has 7 nitrogen and oxygen atoms in total. The SMILES string of the molecule is CCN(CCCNCCCN(C)C)[C@@](CC)(CC(=O)O)C(=O)O. The Labute approximate surface area is 139 Å². The van der Waals surface area contributed by atoms with Crippen molar-refractivity contribution >= 4 is 11.9 Å². The molecule has 0 heterocycles. The van der Waals surface area contributed by atoms with Crippen LogP contribution >= 0.6 is 0 Å². The van der Waals surface area contributed by atoms with Gasteiger partial charge in [-0.25, -0.2) is 0 Å². The monoisotopic (exact) mass is 331 g/mol. The average molecular weight is 331 g/mol. The van der Waals surface area contributed by atoms with Gasteiger partial charge in [-0.05, 0) is 59.5 Å². The predicted octanol–water partition coefficient (Wildman–Crippen LogP) is 0.948. The molecule has 0 aliphatic heterocycles. The minimum absolute atomic E-state index is 0.277. The molecule has 0 rings (SSSR count). The van der Waals surface area contributed by atoms with Gasteiger partial charge in [-0.1, -0.05) is 13.8 Å². The number of carbonyl (C=O) groups is 2. The van der Waals surface area contributed by atoms with Gasteiger partial charge in [-0.2, -0.15) is 0 Å². The van der Waals surface area contributed by atoms with E-state index in [4.69, 9.17) is 5.11 Å². The summed E-state index contributed by atoms with van der Waals surface area (Å²) >= 11 is 0. The van der Waals surface area contributed by atoms with E-state index in [1.54, 1.807) is 11.8 Å². The van der Waals surface area contributed by atoms with Crippen LogP contribution in [0.5, 0.6) is 0 Å². The molecule has 0 radical (unpaired) electrons. The Hall–Kier alpha value is -1.18. The number of hydrogen-bond donors (Lipinski definition) is 3. The zero-order chi connectivity index (χ0) is 17.9. The van der Waals surface area contributed by atoms with Crippen LogP contribution in [0.3, 0.4) is 0 Å². The zero-order valence-corrected chi connectivity index (χ0v) is 15.0. The molecule has 7 heteroatoms. The molecule has 0 amide bonds. The van der Waals surface area contributed by atoms with Gasteiger partial charge in [0.2, 0.25) is 0 Å². The fraction of sp³-hybridized carbons (Fsp3) is 0.875. The van der Waals surface area contributed by atoms with Crippen LogP contribution in [0.4, 0.5) is 0 Å². The largest absolute Gasteiger partial charge is 0.481 e. The molecule has 1 atom stereocenters. The van der Waals surface area contributed by atoms with E-state index in [-0.39, 0.29) is 12.8 Å². The van der Waals surface area contributed by atoms with Crippen LogP contribution in [0, 0.1) is 0 Å². The first kappa shape index (κ1) is 21.8. The highest BCUT2D eigenvalue weighted by atomic mass is 16.4. The molecular formula is C16H33N3O4. The van der Waals surface area contributed by atoms with E-state index in [9.17, 15) is 14.7 Å². The molecule has 0 saturated heterocycles. The van der Waals surface area contributed by atoms with Crippen molar-refractivity contribution in [1.82, 2.24) is 15.1 Å². The third-order valence-corrected chi connectivity index (χ3v) is 4.15. The normalized spacial score (nSPS) is 14.2. The molecule has 0 aromatic carbocycles. The summed E-state index contributed by atoms with van der Waals surface area (Å²) in [6, 6.07) is 0. The van der Waals surface area contributed by atoms with Crippen molar-refractivity contribution in [3.63, 3.8) is 0 Å². The van der Waals surface area contributed by atoms with Gasteiger partial charge in [-0.3, -0.25) is 14.5 Å². The van der Waals surface area contributed by atoms with E-state index in [0.29, 0.717) is 13.1 Å². The van der Waals surface area contributed by atoms with Crippen molar-refractivity contribution in [3.8, 4) is 0 Å². The van der Waals surface area contributed by atoms with Crippen molar-refractivity contribution in [3.05, 3.63) is 0 Å². The molecule has 3 N–H and O–H groups in total. The highest BCUT2D eigenvalue weighted by Crippen LogP contribution is 2.25. The van der Waals surface area contributed by atoms with Gasteiger partial charge in [0.15, 0.2) is 0 Å². The van der Waals surface area contributed by atoms with Crippen LogP contribution < -0.4 is 5.32 Å². The summed E-state index contributed by atoms with van der Waals surface area (Å²) < 4.78 is 0. The summed E-state index contributed by atoms with van der Waals surface area (Å²) in [6.45, 7) is 7.47. The highest BCUT2D eigenvalue weighted by molar-refractivity contribution is 5.85. The standard InChI is InChI=1S/C16H33N3O4/c1-5-16(15(22)23,13-14(20)21)19(6-2)12-8-10-17-9-7-11-18(3)4/h17H,5-13H2,1-4H3,(H,20,21)(H,22,23)/t16-/m0/s1. The lowest BCUT2D eigenvalue weighted by atomic mass is 9.89. The molecule has 0 saturated carbocycles. The summed E-state index contributed by atoms with van der Waals surface area (Å²) in [5, 5.41) is 22.0. The third kappa shape index (κ3) is 7.76. The second-order valence-corrected chi connectivity index (χ2v) is 6.10. The fourth-order valence-corrected chi connectivity index (χ4v) is 2.79. The minimum atomic E-state index is -1.31. The van der Waals surface area contributed by atoms with Crippen LogP contribution in [0.2, 0.25) is 0 Å². The number of likely N-dealkylation sites (N-methyl/N-ethyl adjacent to an activating group) is 1. The van der Waals surface area contributed by atoms with Crippen molar-refractivity contribution in [1.29, 1.82) is 0 Å². The van der Waals surface area contributed by atoms with Crippen LogP contribution in [-0.2, 0) is 9.59 Å². The van der Waals surface area contributed by atoms with Gasteiger partial charge in [-0.15, -0.1) is 0 Å². The van der Waals surface area contributed by atoms with Gasteiger partial charge in [0.1, 0.15) is 5.54 Å². The number of carboxylic acids is 2. The Bertz CT molecular complexity index is 363. The maximum Gasteiger partial charge on any atom is 0.324 e. The van der Waals surface area contributed by atoms with Crippen LogP contribution in [0.15, 0.2) is 0 Å². The van der Waals surface area contributed by atoms with Crippen molar-refractivity contribution in [2.75, 3.05) is 46.8 Å². The molecule has 0 aliphatic carbocycles. The lowest BCUT2D eigenvalue weighted by Crippen LogP contribution is -2.56. The first-order chi connectivity index (χ1) is 10.8. The summed E-state index contributed by atoms with van der Waals surface area (Å²) in [6.07, 6.45) is 1.77. The Morgan fingerprint density at radius 2 is 1.61 bits per heavy atom. The van der Waals surface area contributed by atoms with Gasteiger partial charge in [0, 0.05) is 6.54 Å². The summed E-state index contributed by atoms with van der Waals surface area (Å²) in [7, 11) is 4.08. The van der Waals surface area contributed by atoms with Gasteiger partial charge >= 0.3 is 11.9 Å². The molecule has 0 fully saturated rings. The second kappa shape index (κ2) is 11.4. The van der Waals surface area contributed by atoms with Crippen LogP contribution in [-0.4, -0.2) is 84.3 Å². The molecule has 0 aromatic rings. The van der Waals surface area contributed by atoms with Crippen LogP contribution in [0.25, 0.3) is 0 Å². The Morgan fingerprint density at radius 3 is 2.00 bits per heavy atom. The minimum Gasteiger partial charge on any atom is -0.481 e. The van der Waals surface area contributed by atoms with E-state index in [2.05, 4.69) is 10.2 Å². The first-order valence-electron chi connectivity index (χ1n) is 8.35. The quantitative estimate of drug-likeness (QED) is 0.408. The molecule has 23 heavy (non-hydrogen) atoms. The molecule has 0 spiro atoms. The first-order valence-corrected chi connectivity index (χ1v) is 8.35. The Balaban J connectivity index is 4.42. The van der Waals surface area contributed by atoms with Crippen molar-refractivity contribution < 1.29 is 19.8 Å². The number of nitrogens with one attached hydrogen (secondary N) is 1. The Morgan fingerprint density at radius 1 is 1.04 bits per heavy atom. The average Bonchev–Trinajstić information content (AvgIpc) is 2.47. The number of hydrogen-bond acceptors (Lipinski definition) is 5. The number of aliphatic carboxylic acids is 2. The van der Waals surface area contributed by atoms with Gasteiger partial charge in [0.05, 0.1) is 6.42 Å². The van der Waals surface area contributed by atoms with Crippen molar-refractivity contribution in [2.24, 2.45) is 0 Å². The summed E-state index contributed by atoms with van der Waals surface area (Å²) in [4.78, 5) is 26.7. The Kier molecular flexibility index (Phi) is 10.8. The molecule has 136 valence electrons. The van der Waals surface area contributed by atoms with E-state index in [0.717, 1.165) is 32.5 Å². The third-order valence-electron chi connectivity index (χ3n) is 4.15. The number of nitrogens with zero attached hydrogens (tertiary/aromatic N) is 2. The summed E-state index contributed by atoms with van der Waals surface area (Å²) in [5.74, 6) is -2.13. The highest BCUT2D eigenvalue weighted by Gasteiger charge is 2.43.